The van der Waals surface area contributed by atoms with Gasteiger partial charge in [0.15, 0.2) is 46.2 Å². The first-order chi connectivity index (χ1) is 27.8. The van der Waals surface area contributed by atoms with Gasteiger partial charge < -0.3 is 74.7 Å². The second-order valence-electron chi connectivity index (χ2n) is 13.7. The van der Waals surface area contributed by atoms with E-state index in [1.54, 1.807) is 0 Å². The maximum Gasteiger partial charge on any atom is 0.357 e. The summed E-state index contributed by atoms with van der Waals surface area (Å²) < 4.78 is 28.6. The fourth-order valence-electron chi connectivity index (χ4n) is 6.80. The zero-order valence-electron chi connectivity index (χ0n) is 30.0. The molecule has 1 fully saturated rings. The van der Waals surface area contributed by atoms with Crippen molar-refractivity contribution in [2.45, 2.75) is 48.3 Å². The van der Waals surface area contributed by atoms with E-state index in [1.807, 2.05) is 0 Å². The van der Waals surface area contributed by atoms with Gasteiger partial charge in [0.2, 0.25) is 0 Å². The molecule has 2 heterocycles. The normalized spacial score (nSPS) is 25.7. The van der Waals surface area contributed by atoms with E-state index in [2.05, 4.69) is 0 Å². The lowest BCUT2D eigenvalue weighted by Gasteiger charge is -2.50. The zero-order valence-corrected chi connectivity index (χ0v) is 30.0. The molecule has 7 rings (SSSR count). The maximum absolute atomic E-state index is 13.9. The van der Waals surface area contributed by atoms with E-state index in [0.29, 0.717) is 0 Å². The van der Waals surface area contributed by atoms with Crippen LogP contribution in [0.25, 0.3) is 12.2 Å². The Bertz CT molecular complexity index is 2480. The van der Waals surface area contributed by atoms with Gasteiger partial charge in [0.05, 0.1) is 6.10 Å². The first-order valence-corrected chi connectivity index (χ1v) is 17.3. The number of aliphatic hydroxyl groups is 3. The molecule has 19 heteroatoms. The number of phenols is 6. The quantitative estimate of drug-likeness (QED) is 0.0691. The highest BCUT2D eigenvalue weighted by Gasteiger charge is 2.71. The molecule has 1 saturated carbocycles. The minimum absolute atomic E-state index is 0.162. The van der Waals surface area contributed by atoms with Gasteiger partial charge in [-0.15, -0.1) is 0 Å². The van der Waals surface area contributed by atoms with Crippen LogP contribution in [0.3, 0.4) is 0 Å². The van der Waals surface area contributed by atoms with E-state index in [4.69, 9.17) is 23.7 Å². The Morgan fingerprint density at radius 2 is 1.27 bits per heavy atom. The van der Waals surface area contributed by atoms with Crippen LogP contribution in [-0.4, -0.2) is 104 Å². The summed E-state index contributed by atoms with van der Waals surface area (Å²) in [5, 5.41) is 103. The van der Waals surface area contributed by atoms with Crippen LogP contribution in [0, 0.1) is 0 Å². The molecule has 0 radical (unpaired) electrons. The number of carboxylic acids is 1. The number of carboxylic acid groups (broad SMARTS) is 1. The zero-order chi connectivity index (χ0) is 42.6. The fourth-order valence-corrected chi connectivity index (χ4v) is 6.80. The number of aromatic hydroxyl groups is 6. The summed E-state index contributed by atoms with van der Waals surface area (Å²) in [4.78, 5) is 51.7. The number of ether oxygens (including phenoxy) is 5. The van der Waals surface area contributed by atoms with E-state index in [-0.39, 0.29) is 28.2 Å². The number of hydrogen-bond donors (Lipinski definition) is 10. The highest BCUT2D eigenvalue weighted by atomic mass is 16.8. The number of aliphatic carboxylic acids is 1. The van der Waals surface area contributed by atoms with Gasteiger partial charge in [0, 0.05) is 42.7 Å². The average Bonchev–Trinajstić information content (AvgIpc) is 3.16. The van der Waals surface area contributed by atoms with E-state index < -0.39 is 118 Å². The Hall–Kier alpha value is -7.48. The molecule has 6 atom stereocenters. The van der Waals surface area contributed by atoms with Crippen LogP contribution in [0.2, 0.25) is 0 Å². The van der Waals surface area contributed by atoms with Crippen molar-refractivity contribution in [1.29, 1.82) is 0 Å². The molecule has 306 valence electrons. The van der Waals surface area contributed by atoms with Gasteiger partial charge in [0.25, 0.3) is 5.78 Å². The van der Waals surface area contributed by atoms with Gasteiger partial charge in [-0.3, -0.25) is 4.79 Å². The molecule has 0 aromatic heterocycles. The van der Waals surface area contributed by atoms with E-state index >= 15 is 0 Å². The minimum atomic E-state index is -3.11. The van der Waals surface area contributed by atoms with Crippen molar-refractivity contribution in [2.24, 2.45) is 0 Å². The largest absolute Gasteiger partial charge is 0.508 e. The number of ketones is 1. The highest BCUT2D eigenvalue weighted by Crippen LogP contribution is 2.55. The van der Waals surface area contributed by atoms with E-state index in [1.165, 1.54) is 42.5 Å². The van der Waals surface area contributed by atoms with Crippen molar-refractivity contribution in [3.05, 3.63) is 101 Å². The topological polar surface area (TPSA) is 317 Å². The van der Waals surface area contributed by atoms with Crippen LogP contribution in [0.1, 0.15) is 39.9 Å². The number of esters is 2. The van der Waals surface area contributed by atoms with Crippen molar-refractivity contribution in [3.63, 3.8) is 0 Å². The van der Waals surface area contributed by atoms with Crippen molar-refractivity contribution in [3.8, 4) is 51.7 Å². The lowest BCUT2D eigenvalue weighted by molar-refractivity contribution is -0.316. The second-order valence-corrected chi connectivity index (χ2v) is 13.7. The molecule has 0 bridgehead atoms. The minimum Gasteiger partial charge on any atom is -0.508 e. The summed E-state index contributed by atoms with van der Waals surface area (Å²) in [6.45, 7) is 0. The Balaban J connectivity index is 1.15. The number of Topliss-reactive ketones (excluding diaryl/α,β-unsaturated/α-hetero) is 1. The van der Waals surface area contributed by atoms with Crippen LogP contribution in [-0.2, 0) is 29.6 Å². The third kappa shape index (κ3) is 7.09. The predicted molar refractivity (Wildman–Crippen MR) is 194 cm³/mol. The van der Waals surface area contributed by atoms with Crippen molar-refractivity contribution < 1.29 is 93.9 Å². The molecule has 2 aliphatic heterocycles. The van der Waals surface area contributed by atoms with Gasteiger partial charge in [-0.1, -0.05) is 12.1 Å². The van der Waals surface area contributed by atoms with Gasteiger partial charge in [-0.05, 0) is 65.7 Å². The lowest BCUT2D eigenvalue weighted by Crippen LogP contribution is -2.70. The van der Waals surface area contributed by atoms with Crippen molar-refractivity contribution >= 4 is 35.8 Å². The number of phenolic OH excluding ortho intramolecular Hbond substituents is 6. The maximum atomic E-state index is 13.9. The summed E-state index contributed by atoms with van der Waals surface area (Å²) in [5.74, 6) is -15.5. The average molecular weight is 817 g/mol. The molecule has 4 aromatic carbocycles. The second kappa shape index (κ2) is 14.5. The Kier molecular flexibility index (Phi) is 9.75. The molecule has 10 N–H and O–H groups in total. The Labute approximate surface area is 330 Å². The van der Waals surface area contributed by atoms with Crippen LogP contribution >= 0.6 is 0 Å². The Morgan fingerprint density at radius 1 is 0.661 bits per heavy atom. The molecule has 0 saturated heterocycles. The first-order valence-electron chi connectivity index (χ1n) is 17.3. The number of hydrogen-bond acceptors (Lipinski definition) is 18. The molecule has 0 amide bonds. The van der Waals surface area contributed by atoms with Gasteiger partial charge in [0.1, 0.15) is 28.9 Å². The molecular formula is C40H32O19. The molecule has 2 unspecified atom stereocenters. The molecule has 1 aliphatic carbocycles. The SMILES string of the molecule is O=C(C=Cc1ccc(O)c(O)c1)O[C@@H]1[C@H](O)C[C@@](O)(C(=O)O)C[C@H]1OC(=O)C=Cc1ccc2c(c1)OC1(c3ccc(O)c(O)c3)Oc3cc(O)cc(O)c3C(=O)C1(O)O2. The van der Waals surface area contributed by atoms with E-state index in [0.717, 1.165) is 48.6 Å². The third-order valence-electron chi connectivity index (χ3n) is 9.71. The van der Waals surface area contributed by atoms with Gasteiger partial charge in [-0.2, -0.15) is 0 Å². The number of aliphatic hydroxyl groups excluding tert-OH is 1. The first kappa shape index (κ1) is 39.7. The van der Waals surface area contributed by atoms with E-state index in [9.17, 15) is 70.2 Å². The number of carbonyl (C=O) groups is 4. The summed E-state index contributed by atoms with van der Waals surface area (Å²) in [5.41, 5.74) is -3.02. The van der Waals surface area contributed by atoms with Crippen LogP contribution in [0.15, 0.2) is 78.9 Å². The molecule has 19 nitrogen and oxygen atoms in total. The summed E-state index contributed by atoms with van der Waals surface area (Å²) in [7, 11) is 0. The third-order valence-corrected chi connectivity index (χ3v) is 9.71. The number of carbonyl (C=O) groups excluding carboxylic acids is 3. The fraction of sp³-hybridized carbons (Fsp3) is 0.200. The highest BCUT2D eigenvalue weighted by molar-refractivity contribution is 6.08. The van der Waals surface area contributed by atoms with Crippen LogP contribution < -0.4 is 14.2 Å². The molecular weight excluding hydrogens is 784 g/mol. The number of benzene rings is 4. The van der Waals surface area contributed by atoms with Crippen LogP contribution in [0.5, 0.6) is 51.7 Å². The smallest absolute Gasteiger partial charge is 0.357 e. The number of fused-ring (bicyclic) bond motifs is 3. The Morgan fingerprint density at radius 3 is 1.93 bits per heavy atom. The monoisotopic (exact) mass is 816 g/mol. The molecule has 59 heavy (non-hydrogen) atoms. The predicted octanol–water partition coefficient (Wildman–Crippen LogP) is 2.03. The summed E-state index contributed by atoms with van der Waals surface area (Å²) in [6, 6.07) is 12.3. The molecule has 0 spiro atoms. The van der Waals surface area contributed by atoms with Gasteiger partial charge in [-0.25, -0.2) is 14.4 Å². The molecule has 4 aromatic rings. The van der Waals surface area contributed by atoms with Gasteiger partial charge >= 0.3 is 29.5 Å². The van der Waals surface area contributed by atoms with Crippen LogP contribution in [0.4, 0.5) is 0 Å². The van der Waals surface area contributed by atoms with Crippen molar-refractivity contribution in [2.75, 3.05) is 0 Å². The lowest BCUT2D eigenvalue weighted by atomic mass is 9.79. The number of rotatable bonds is 8. The van der Waals surface area contributed by atoms with Crippen molar-refractivity contribution in [1.82, 2.24) is 0 Å². The summed E-state index contributed by atoms with van der Waals surface area (Å²) >= 11 is 0. The molecule has 3 aliphatic rings. The summed E-state index contributed by atoms with van der Waals surface area (Å²) in [6.07, 6.45) is -2.65. The standard InChI is InChI=1S/C40H32O19/c41-21-14-26(46)34-30(15-21)59-40(20-5-7-23(43)25(45)13-20)39(54,36(34)50)57-28-8-2-19(12-29(28)58-40)4-9-32(48)55-31-17-38(53,37(51)52)16-27(47)35(31)56-33(49)10-3-18-1-6-22(42)24(44)11-18/h1-15,27,31,35,41-47,53-54H,16-17H2,(H,51,52)/t27-,31-,35-,38+,39?,40?/m1/s1.